The van der Waals surface area contributed by atoms with Gasteiger partial charge in [-0.1, -0.05) is 72.8 Å². The molecule has 8 aromatic rings. The number of fused-ring (bicyclic) bond motifs is 4. The number of pyridine rings is 2. The van der Waals surface area contributed by atoms with Gasteiger partial charge in [-0.05, 0) is 72.9 Å². The second-order valence-electron chi connectivity index (χ2n) is 18.2. The van der Waals surface area contributed by atoms with Gasteiger partial charge in [0.1, 0.15) is 22.8 Å². The van der Waals surface area contributed by atoms with Crippen LogP contribution in [-0.4, -0.2) is 83.6 Å². The maximum Gasteiger partial charge on any atom is 0.341 e. The highest BCUT2D eigenvalue weighted by atomic mass is 35.5. The molecule has 0 bridgehead atoms. The number of hydrogen-bond donors (Lipinski definition) is 2. The first kappa shape index (κ1) is 45.3. The molecule has 0 spiro atoms. The number of benzene rings is 6. The third kappa shape index (κ3) is 8.47. The summed E-state index contributed by atoms with van der Waals surface area (Å²) in [5, 5.41) is 23.9. The van der Waals surface area contributed by atoms with Crippen LogP contribution < -0.4 is 30.5 Å². The number of carboxylic acid groups (broad SMARTS) is 2. The predicted molar refractivity (Wildman–Crippen MR) is 271 cm³/mol. The van der Waals surface area contributed by atoms with Gasteiger partial charge < -0.3 is 38.9 Å². The van der Waals surface area contributed by atoms with Gasteiger partial charge in [0.25, 0.3) is 0 Å². The lowest BCUT2D eigenvalue weighted by molar-refractivity contribution is 0.0684. The van der Waals surface area contributed by atoms with E-state index in [0.29, 0.717) is 48.6 Å². The van der Waals surface area contributed by atoms with Crippen LogP contribution in [0.4, 0.5) is 31.5 Å². The van der Waals surface area contributed by atoms with Crippen LogP contribution >= 0.6 is 12.4 Å². The van der Waals surface area contributed by atoms with Crippen molar-refractivity contribution in [3.05, 3.63) is 165 Å². The zero-order valence-electron chi connectivity index (χ0n) is 37.6. The number of anilines is 4. The highest BCUT2D eigenvalue weighted by Gasteiger charge is 2.31. The third-order valence-electron chi connectivity index (χ3n) is 14.0. The number of piperazine rings is 2. The SMILES string of the molecule is Cl.O=C(O)c1cn(C2CC2)c2cc(N3CCN(c4cccc5ccccc45)CC3)c(F)cc2c1=O.O=C(O)c1cn(C2CC2)c2cc(N3CCN(c4cccc5ccccc45)CC3)c(F)cc2c1=O. The molecule has 0 amide bonds. The minimum atomic E-state index is -1.28. The maximum absolute atomic E-state index is 15.2. The first-order valence-corrected chi connectivity index (χ1v) is 23.2. The molecule has 4 aliphatic rings. The van der Waals surface area contributed by atoms with Crippen molar-refractivity contribution in [2.24, 2.45) is 0 Å². The Kier molecular flexibility index (Phi) is 12.0. The highest BCUT2D eigenvalue weighted by Crippen LogP contribution is 2.40. The number of carbonyl (C=O) groups is 2. The van der Waals surface area contributed by atoms with Crippen LogP contribution in [0.25, 0.3) is 43.4 Å². The van der Waals surface area contributed by atoms with E-state index in [4.69, 9.17) is 0 Å². The number of hydrogen-bond acceptors (Lipinski definition) is 8. The van der Waals surface area contributed by atoms with Crippen LogP contribution in [0.1, 0.15) is 58.5 Å². The fourth-order valence-corrected chi connectivity index (χ4v) is 10.2. The van der Waals surface area contributed by atoms with Gasteiger partial charge in [0.15, 0.2) is 0 Å². The van der Waals surface area contributed by atoms with Crippen LogP contribution in [-0.2, 0) is 0 Å². The highest BCUT2D eigenvalue weighted by molar-refractivity contribution is 5.97. The summed E-state index contributed by atoms with van der Waals surface area (Å²) >= 11 is 0. The summed E-state index contributed by atoms with van der Waals surface area (Å²) in [4.78, 5) is 57.3. The topological polar surface area (TPSA) is 132 Å². The zero-order chi connectivity index (χ0) is 46.8. The quantitative estimate of drug-likeness (QED) is 0.152. The van der Waals surface area contributed by atoms with E-state index < -0.39 is 34.4 Å². The standard InChI is InChI=1S/2C27H24FN3O3.ClH/c2*28-22-14-20-24(31(18-8-9-18)16-21(26(20)32)27(33)34)15-25(22)30-12-10-29(11-13-30)23-7-3-5-17-4-1-2-6-19(17)23;/h2*1-7,14-16,18H,8-13H2,(H,33,34);1H. The molecule has 0 unspecified atom stereocenters. The van der Waals surface area contributed by atoms with Crippen LogP contribution in [0.5, 0.6) is 0 Å². The molecular formula is C54H49ClF2N6O6. The minimum Gasteiger partial charge on any atom is -0.477 e. The first-order chi connectivity index (χ1) is 33.0. The van der Waals surface area contributed by atoms with Crippen molar-refractivity contribution in [1.82, 2.24) is 9.13 Å². The predicted octanol–water partition coefficient (Wildman–Crippen LogP) is 9.73. The Morgan fingerprint density at radius 2 is 0.783 bits per heavy atom. The van der Waals surface area contributed by atoms with Crippen LogP contribution in [0.3, 0.4) is 0 Å². The number of aromatic nitrogens is 2. The van der Waals surface area contributed by atoms with E-state index >= 15 is 8.78 Å². The van der Waals surface area contributed by atoms with Gasteiger partial charge in [0.2, 0.25) is 10.9 Å². The molecule has 2 aliphatic carbocycles. The van der Waals surface area contributed by atoms with E-state index in [-0.39, 0.29) is 46.4 Å². The van der Waals surface area contributed by atoms with Gasteiger partial charge in [0, 0.05) is 110 Å². The van der Waals surface area contributed by atoms with Gasteiger partial charge in [-0.15, -0.1) is 12.4 Å². The Morgan fingerprint density at radius 3 is 1.13 bits per heavy atom. The van der Waals surface area contributed by atoms with Crippen molar-refractivity contribution < 1.29 is 28.6 Å². The molecule has 15 heteroatoms. The summed E-state index contributed by atoms with van der Waals surface area (Å²) in [5.74, 6) is -3.55. The van der Waals surface area contributed by atoms with Crippen LogP contribution in [0.2, 0.25) is 0 Å². The minimum absolute atomic E-state index is 0. The maximum atomic E-state index is 15.2. The van der Waals surface area contributed by atoms with Crippen molar-refractivity contribution in [3.8, 4) is 0 Å². The molecule has 2 saturated carbocycles. The van der Waals surface area contributed by atoms with E-state index in [1.807, 2.05) is 43.2 Å². The summed E-state index contributed by atoms with van der Waals surface area (Å²) in [6.45, 7) is 5.58. The molecule has 69 heavy (non-hydrogen) atoms. The van der Waals surface area contributed by atoms with E-state index in [1.54, 1.807) is 12.1 Å². The molecule has 12 rings (SSSR count). The fourth-order valence-electron chi connectivity index (χ4n) is 10.2. The van der Waals surface area contributed by atoms with E-state index in [2.05, 4.69) is 70.5 Å². The number of nitrogens with zero attached hydrogens (tertiary/aromatic N) is 6. The van der Waals surface area contributed by atoms with Crippen LogP contribution in [0, 0.1) is 11.6 Å². The van der Waals surface area contributed by atoms with Crippen LogP contribution in [0.15, 0.2) is 131 Å². The Bertz CT molecular complexity index is 3230. The van der Waals surface area contributed by atoms with Gasteiger partial charge >= 0.3 is 11.9 Å². The second kappa shape index (κ2) is 18.2. The van der Waals surface area contributed by atoms with Crippen molar-refractivity contribution in [2.75, 3.05) is 72.0 Å². The monoisotopic (exact) mass is 950 g/mol. The Morgan fingerprint density at radius 1 is 0.449 bits per heavy atom. The molecule has 6 aromatic carbocycles. The van der Waals surface area contributed by atoms with Gasteiger partial charge in [0.05, 0.1) is 22.4 Å². The molecule has 2 saturated heterocycles. The Labute approximate surface area is 401 Å². The van der Waals surface area contributed by atoms with Gasteiger partial charge in [-0.25, -0.2) is 18.4 Å². The normalized spacial score (nSPS) is 16.1. The number of halogens is 3. The summed E-state index contributed by atoms with van der Waals surface area (Å²) in [6.07, 6.45) is 6.54. The summed E-state index contributed by atoms with van der Waals surface area (Å²) in [7, 11) is 0. The molecule has 352 valence electrons. The summed E-state index contributed by atoms with van der Waals surface area (Å²) in [6, 6.07) is 35.4. The average molecular weight is 951 g/mol. The molecule has 2 N–H and O–H groups in total. The molecule has 0 atom stereocenters. The molecular weight excluding hydrogens is 902 g/mol. The Balaban J connectivity index is 0.000000158. The number of rotatable bonds is 8. The lowest BCUT2D eigenvalue weighted by Crippen LogP contribution is -2.47. The lowest BCUT2D eigenvalue weighted by atomic mass is 10.1. The van der Waals surface area contributed by atoms with Crippen molar-refractivity contribution in [3.63, 3.8) is 0 Å². The smallest absolute Gasteiger partial charge is 0.341 e. The fraction of sp³-hybridized carbons (Fsp3) is 0.259. The van der Waals surface area contributed by atoms with E-state index in [1.165, 1.54) is 57.4 Å². The van der Waals surface area contributed by atoms with E-state index in [0.717, 1.165) is 51.9 Å². The van der Waals surface area contributed by atoms with Gasteiger partial charge in [-0.3, -0.25) is 9.59 Å². The number of aromatic carboxylic acids is 2. The largest absolute Gasteiger partial charge is 0.477 e. The van der Waals surface area contributed by atoms with Crippen molar-refractivity contribution in [1.29, 1.82) is 0 Å². The Hall–Kier alpha value is -7.45. The summed E-state index contributed by atoms with van der Waals surface area (Å²) < 4.78 is 34.2. The first-order valence-electron chi connectivity index (χ1n) is 23.2. The average Bonchev–Trinajstić information content (AvgIpc) is 4.31. The molecule has 4 heterocycles. The molecule has 12 nitrogen and oxygen atoms in total. The van der Waals surface area contributed by atoms with Crippen molar-refractivity contribution in [2.45, 2.75) is 37.8 Å². The number of carboxylic acids is 2. The molecule has 2 aromatic heterocycles. The van der Waals surface area contributed by atoms with E-state index in [9.17, 15) is 29.4 Å². The molecule has 2 aliphatic heterocycles. The third-order valence-corrected chi connectivity index (χ3v) is 14.0. The lowest BCUT2D eigenvalue weighted by Gasteiger charge is -2.38. The van der Waals surface area contributed by atoms with Gasteiger partial charge in [-0.2, -0.15) is 0 Å². The van der Waals surface area contributed by atoms with Crippen molar-refractivity contribution >= 4 is 90.4 Å². The molecule has 0 radical (unpaired) electrons. The molecule has 4 fully saturated rings. The zero-order valence-corrected chi connectivity index (χ0v) is 38.4. The second-order valence-corrected chi connectivity index (χ2v) is 18.2. The summed E-state index contributed by atoms with van der Waals surface area (Å²) in [5.41, 5.74) is 2.60.